The first-order chi connectivity index (χ1) is 9.65. The van der Waals surface area contributed by atoms with Crippen LogP contribution in [0.4, 0.5) is 0 Å². The van der Waals surface area contributed by atoms with Gasteiger partial charge in [-0.3, -0.25) is 0 Å². The molecule has 6 heteroatoms. The summed E-state index contributed by atoms with van der Waals surface area (Å²) in [5.74, 6) is 2.12. The van der Waals surface area contributed by atoms with Gasteiger partial charge in [0.05, 0.1) is 0 Å². The van der Waals surface area contributed by atoms with Crippen LogP contribution >= 0.6 is 11.3 Å². The van der Waals surface area contributed by atoms with Gasteiger partial charge in [-0.05, 0) is 32.6 Å². The highest BCUT2D eigenvalue weighted by Gasteiger charge is 2.26. The molecular formula is C14H23N5S. The van der Waals surface area contributed by atoms with Crippen LogP contribution in [-0.2, 0) is 0 Å². The van der Waals surface area contributed by atoms with Gasteiger partial charge in [0.1, 0.15) is 5.01 Å². The zero-order valence-electron chi connectivity index (χ0n) is 12.2. The minimum absolute atomic E-state index is 0.297. The monoisotopic (exact) mass is 293 g/mol. The van der Waals surface area contributed by atoms with Gasteiger partial charge in [0.25, 0.3) is 0 Å². The third kappa shape index (κ3) is 2.72. The van der Waals surface area contributed by atoms with Gasteiger partial charge in [-0.2, -0.15) is 9.61 Å². The molecule has 2 N–H and O–H groups in total. The van der Waals surface area contributed by atoms with Crippen molar-refractivity contribution < 1.29 is 0 Å². The predicted octanol–water partition coefficient (Wildman–Crippen LogP) is 3.07. The van der Waals surface area contributed by atoms with Crippen molar-refractivity contribution in [2.75, 3.05) is 0 Å². The van der Waals surface area contributed by atoms with Crippen molar-refractivity contribution in [3.8, 4) is 0 Å². The molecule has 1 aliphatic rings. The molecule has 2 aromatic heterocycles. The second-order valence-electron chi connectivity index (χ2n) is 6.13. The Kier molecular flexibility index (Phi) is 4.03. The number of rotatable bonds is 6. The van der Waals surface area contributed by atoms with E-state index in [-0.39, 0.29) is 0 Å². The topological polar surface area (TPSA) is 69.1 Å². The lowest BCUT2D eigenvalue weighted by molar-refractivity contribution is 0.394. The summed E-state index contributed by atoms with van der Waals surface area (Å²) in [6, 6.07) is 0.297. The third-order valence-corrected chi connectivity index (χ3v) is 5.35. The molecule has 5 nitrogen and oxygen atoms in total. The summed E-state index contributed by atoms with van der Waals surface area (Å²) >= 11 is 1.68. The highest BCUT2D eigenvalue weighted by Crippen LogP contribution is 2.36. The van der Waals surface area contributed by atoms with Crippen molar-refractivity contribution in [1.29, 1.82) is 0 Å². The summed E-state index contributed by atoms with van der Waals surface area (Å²) in [6.45, 7) is 4.31. The Bertz CT molecular complexity index is 569. The summed E-state index contributed by atoms with van der Waals surface area (Å²) < 4.78 is 1.98. The van der Waals surface area contributed by atoms with Crippen molar-refractivity contribution in [2.24, 2.45) is 5.73 Å². The van der Waals surface area contributed by atoms with Gasteiger partial charge in [-0.15, -0.1) is 10.2 Å². The largest absolute Gasteiger partial charge is 0.328 e. The van der Waals surface area contributed by atoms with Crippen LogP contribution in [0.25, 0.3) is 4.96 Å². The molecule has 1 aliphatic carbocycles. The van der Waals surface area contributed by atoms with E-state index in [9.17, 15) is 0 Å². The Hall–Kier alpha value is -1.01. The fourth-order valence-corrected chi connectivity index (χ4v) is 3.57. The molecule has 0 saturated heterocycles. The maximum atomic E-state index is 5.80. The molecule has 0 radical (unpaired) electrons. The smallest absolute Gasteiger partial charge is 0.234 e. The fraction of sp³-hybridized carbons (Fsp3) is 0.786. The van der Waals surface area contributed by atoms with Crippen LogP contribution in [0.3, 0.4) is 0 Å². The molecular weight excluding hydrogens is 270 g/mol. The van der Waals surface area contributed by atoms with Crippen LogP contribution in [0, 0.1) is 0 Å². The molecule has 0 spiro atoms. The molecule has 20 heavy (non-hydrogen) atoms. The Morgan fingerprint density at radius 2 is 2.10 bits per heavy atom. The van der Waals surface area contributed by atoms with Crippen molar-refractivity contribution in [2.45, 2.75) is 70.3 Å². The third-order valence-electron chi connectivity index (χ3n) is 4.22. The summed E-state index contributed by atoms with van der Waals surface area (Å²) in [5.41, 5.74) is 5.80. The van der Waals surface area contributed by atoms with Crippen molar-refractivity contribution in [3.05, 3.63) is 10.8 Å². The highest BCUT2D eigenvalue weighted by molar-refractivity contribution is 7.16. The Labute approximate surface area is 123 Å². The lowest BCUT2D eigenvalue weighted by atomic mass is 9.85. The fourth-order valence-electron chi connectivity index (χ4n) is 2.64. The van der Waals surface area contributed by atoms with Gasteiger partial charge in [-0.25, -0.2) is 0 Å². The quantitative estimate of drug-likeness (QED) is 0.888. The zero-order valence-corrected chi connectivity index (χ0v) is 13.1. The Morgan fingerprint density at radius 1 is 1.30 bits per heavy atom. The van der Waals surface area contributed by atoms with Gasteiger partial charge in [0.2, 0.25) is 4.96 Å². The summed E-state index contributed by atoms with van der Waals surface area (Å²) in [7, 11) is 0. The second-order valence-corrected chi connectivity index (χ2v) is 7.12. The number of aromatic nitrogens is 4. The maximum absolute atomic E-state index is 5.80. The summed E-state index contributed by atoms with van der Waals surface area (Å²) in [4.78, 5) is 0.945. The number of fused-ring (bicyclic) bond motifs is 1. The number of hydrogen-bond donors (Lipinski definition) is 1. The first-order valence-corrected chi connectivity index (χ1v) is 8.44. The van der Waals surface area contributed by atoms with E-state index in [1.165, 1.54) is 24.3 Å². The SMILES string of the molecule is CC(N)CCCC(C)c1nn2c(C3CCC3)nnc2s1. The zero-order chi connectivity index (χ0) is 14.1. The van der Waals surface area contributed by atoms with Crippen LogP contribution in [0.15, 0.2) is 0 Å². The molecule has 2 aromatic rings. The van der Waals surface area contributed by atoms with E-state index >= 15 is 0 Å². The van der Waals surface area contributed by atoms with Crippen LogP contribution in [0.2, 0.25) is 0 Å². The van der Waals surface area contributed by atoms with E-state index in [0.29, 0.717) is 17.9 Å². The molecule has 1 fully saturated rings. The van der Waals surface area contributed by atoms with E-state index in [1.54, 1.807) is 11.3 Å². The van der Waals surface area contributed by atoms with Crippen LogP contribution < -0.4 is 5.73 Å². The van der Waals surface area contributed by atoms with Crippen LogP contribution in [-0.4, -0.2) is 25.9 Å². The van der Waals surface area contributed by atoms with E-state index in [0.717, 1.165) is 30.0 Å². The lowest BCUT2D eigenvalue weighted by Crippen LogP contribution is -2.14. The van der Waals surface area contributed by atoms with Crippen molar-refractivity contribution in [1.82, 2.24) is 19.8 Å². The Balaban J connectivity index is 1.70. The van der Waals surface area contributed by atoms with Gasteiger partial charge < -0.3 is 5.73 Å². The average molecular weight is 293 g/mol. The maximum Gasteiger partial charge on any atom is 0.234 e. The minimum atomic E-state index is 0.297. The first kappa shape index (κ1) is 13.9. The van der Waals surface area contributed by atoms with E-state index in [1.807, 2.05) is 4.52 Å². The standard InChI is InChI=1S/C14H23N5S/c1-9(5-3-6-10(2)15)13-18-19-12(11-7-4-8-11)16-17-14(19)20-13/h9-11H,3-8,15H2,1-2H3. The summed E-state index contributed by atoms with van der Waals surface area (Å²) in [6.07, 6.45) is 7.17. The van der Waals surface area contributed by atoms with Crippen molar-refractivity contribution >= 4 is 16.3 Å². The van der Waals surface area contributed by atoms with E-state index in [2.05, 4.69) is 24.0 Å². The normalized spacial score (nSPS) is 19.1. The molecule has 110 valence electrons. The first-order valence-electron chi connectivity index (χ1n) is 7.62. The number of hydrogen-bond acceptors (Lipinski definition) is 5. The highest BCUT2D eigenvalue weighted by atomic mass is 32.1. The van der Waals surface area contributed by atoms with Crippen molar-refractivity contribution in [3.63, 3.8) is 0 Å². The van der Waals surface area contributed by atoms with Crippen LogP contribution in [0.1, 0.15) is 75.0 Å². The molecule has 0 bridgehead atoms. The molecule has 0 aromatic carbocycles. The molecule has 3 rings (SSSR count). The lowest BCUT2D eigenvalue weighted by Gasteiger charge is -2.22. The molecule has 2 unspecified atom stereocenters. The van der Waals surface area contributed by atoms with Gasteiger partial charge in [0.15, 0.2) is 5.82 Å². The van der Waals surface area contributed by atoms with Gasteiger partial charge in [0, 0.05) is 17.9 Å². The number of nitrogens with zero attached hydrogens (tertiary/aromatic N) is 4. The minimum Gasteiger partial charge on any atom is -0.328 e. The van der Waals surface area contributed by atoms with E-state index < -0.39 is 0 Å². The van der Waals surface area contributed by atoms with Gasteiger partial charge in [-0.1, -0.05) is 31.1 Å². The second kappa shape index (κ2) is 5.77. The molecule has 0 aliphatic heterocycles. The molecule has 2 heterocycles. The Morgan fingerprint density at radius 3 is 2.75 bits per heavy atom. The average Bonchev–Trinajstić information content (AvgIpc) is 2.88. The molecule has 0 amide bonds. The van der Waals surface area contributed by atoms with Crippen LogP contribution in [0.5, 0.6) is 0 Å². The van der Waals surface area contributed by atoms with E-state index in [4.69, 9.17) is 10.8 Å². The molecule has 2 atom stereocenters. The summed E-state index contributed by atoms with van der Waals surface area (Å²) in [5, 5.41) is 14.5. The predicted molar refractivity (Wildman–Crippen MR) is 81.2 cm³/mol. The number of nitrogens with two attached hydrogens (primary N) is 1. The molecule has 1 saturated carbocycles. The van der Waals surface area contributed by atoms with Gasteiger partial charge >= 0.3 is 0 Å².